The quantitative estimate of drug-likeness (QED) is 0.854. The van der Waals surface area contributed by atoms with E-state index in [4.69, 9.17) is 0 Å². The summed E-state index contributed by atoms with van der Waals surface area (Å²) in [4.78, 5) is 11.2. The number of hydrogen-bond acceptors (Lipinski definition) is 2. The molecular weight excluding hydrogens is 216 g/mol. The molecule has 0 atom stereocenters. The molecular formula is C13H20N2O2. The van der Waals surface area contributed by atoms with Gasteiger partial charge in [0.05, 0.1) is 5.69 Å². The molecule has 1 aromatic heterocycles. The first-order valence-electron chi connectivity index (χ1n) is 6.53. The number of carboxylic acids is 1. The van der Waals surface area contributed by atoms with Crippen LogP contribution < -0.4 is 0 Å². The second-order valence-electron chi connectivity index (χ2n) is 4.83. The minimum absolute atomic E-state index is 0.365. The zero-order chi connectivity index (χ0) is 12.3. The number of aryl methyl sites for hydroxylation is 1. The lowest BCUT2D eigenvalue weighted by atomic mass is 10.0. The number of carbonyl (C=O) groups is 1. The summed E-state index contributed by atoms with van der Waals surface area (Å²) in [5.41, 5.74) is 1.22. The highest BCUT2D eigenvalue weighted by Gasteiger charge is 2.25. The first kappa shape index (κ1) is 12.1. The smallest absolute Gasteiger partial charge is 0.339 e. The van der Waals surface area contributed by atoms with Gasteiger partial charge in [-0.05, 0) is 19.3 Å². The van der Waals surface area contributed by atoms with E-state index in [1.165, 1.54) is 12.8 Å². The van der Waals surface area contributed by atoms with Gasteiger partial charge in [0.1, 0.15) is 5.56 Å². The molecule has 0 unspecified atom stereocenters. The molecule has 1 aliphatic carbocycles. The third-order valence-corrected chi connectivity index (χ3v) is 3.50. The summed E-state index contributed by atoms with van der Waals surface area (Å²) < 4.78 is 1.81. The molecule has 2 rings (SSSR count). The Morgan fingerprint density at radius 3 is 2.82 bits per heavy atom. The van der Waals surface area contributed by atoms with E-state index in [0.717, 1.165) is 37.9 Å². The van der Waals surface area contributed by atoms with E-state index in [9.17, 15) is 9.90 Å². The van der Waals surface area contributed by atoms with Gasteiger partial charge in [-0.3, -0.25) is 4.68 Å². The van der Waals surface area contributed by atoms with Crippen molar-refractivity contribution in [3.8, 4) is 0 Å². The minimum Gasteiger partial charge on any atom is -0.478 e. The van der Waals surface area contributed by atoms with Crippen LogP contribution in [0.3, 0.4) is 0 Å². The Morgan fingerprint density at radius 2 is 2.24 bits per heavy atom. The molecule has 1 N–H and O–H groups in total. The third-order valence-electron chi connectivity index (χ3n) is 3.50. The van der Waals surface area contributed by atoms with Crippen LogP contribution in [0, 0.1) is 0 Å². The number of rotatable bonds is 5. The van der Waals surface area contributed by atoms with Crippen LogP contribution in [0.5, 0.6) is 0 Å². The van der Waals surface area contributed by atoms with Gasteiger partial charge in [-0.2, -0.15) is 5.10 Å². The normalized spacial score (nSPS) is 16.5. The Balaban J connectivity index is 2.21. The predicted molar refractivity (Wildman–Crippen MR) is 65.3 cm³/mol. The largest absolute Gasteiger partial charge is 0.478 e. The third kappa shape index (κ3) is 2.68. The van der Waals surface area contributed by atoms with Gasteiger partial charge in [-0.15, -0.1) is 0 Å². The van der Waals surface area contributed by atoms with Crippen LogP contribution in [0.15, 0.2) is 6.20 Å². The first-order valence-corrected chi connectivity index (χ1v) is 6.53. The zero-order valence-corrected chi connectivity index (χ0v) is 10.4. The van der Waals surface area contributed by atoms with E-state index < -0.39 is 5.97 Å². The summed E-state index contributed by atoms with van der Waals surface area (Å²) in [5.74, 6) is -0.473. The van der Waals surface area contributed by atoms with Gasteiger partial charge in [-0.1, -0.05) is 26.2 Å². The van der Waals surface area contributed by atoms with Gasteiger partial charge in [0.2, 0.25) is 0 Å². The molecule has 4 heteroatoms. The molecule has 0 radical (unpaired) electrons. The topological polar surface area (TPSA) is 55.1 Å². The molecule has 1 aliphatic rings. The summed E-state index contributed by atoms with van der Waals surface area (Å²) in [6.45, 7) is 2.95. The molecule has 1 aromatic rings. The van der Waals surface area contributed by atoms with Crippen molar-refractivity contribution in [3.05, 3.63) is 17.5 Å². The number of aromatic carboxylic acids is 1. The minimum atomic E-state index is -0.838. The second-order valence-corrected chi connectivity index (χ2v) is 4.83. The van der Waals surface area contributed by atoms with Crippen LogP contribution in [0.2, 0.25) is 0 Å². The summed E-state index contributed by atoms with van der Waals surface area (Å²) in [7, 11) is 0. The average Bonchev–Trinajstić information content (AvgIpc) is 2.94. The number of aromatic nitrogens is 2. The lowest BCUT2D eigenvalue weighted by molar-refractivity contribution is 0.0695. The highest BCUT2D eigenvalue weighted by atomic mass is 16.4. The number of carboxylic acid groups (broad SMARTS) is 1. The molecule has 1 heterocycles. The van der Waals surface area contributed by atoms with Gasteiger partial charge < -0.3 is 5.11 Å². The Hall–Kier alpha value is -1.32. The van der Waals surface area contributed by atoms with Crippen molar-refractivity contribution in [1.82, 2.24) is 9.78 Å². The van der Waals surface area contributed by atoms with Crippen LogP contribution in [-0.2, 0) is 6.54 Å². The Morgan fingerprint density at radius 1 is 1.53 bits per heavy atom. The Bertz CT molecular complexity index is 392. The van der Waals surface area contributed by atoms with E-state index in [1.54, 1.807) is 10.9 Å². The Kier molecular flexibility index (Phi) is 3.82. The van der Waals surface area contributed by atoms with Gasteiger partial charge in [0.15, 0.2) is 0 Å². The standard InChI is InChI=1S/C13H20N2O2/c1-2-3-8-15-9-11(13(16)17)12(14-15)10-6-4-5-7-10/h9-10H,2-8H2,1H3,(H,16,17). The molecule has 0 aromatic carbocycles. The molecule has 0 saturated heterocycles. The van der Waals surface area contributed by atoms with E-state index in [1.807, 2.05) is 0 Å². The maximum absolute atomic E-state index is 11.2. The number of nitrogens with zero attached hydrogens (tertiary/aromatic N) is 2. The molecule has 0 aliphatic heterocycles. The number of hydrogen-bond donors (Lipinski definition) is 1. The molecule has 4 nitrogen and oxygen atoms in total. The van der Waals surface area contributed by atoms with E-state index in [-0.39, 0.29) is 0 Å². The molecule has 17 heavy (non-hydrogen) atoms. The fraction of sp³-hybridized carbons (Fsp3) is 0.692. The van der Waals surface area contributed by atoms with Crippen LogP contribution in [0.4, 0.5) is 0 Å². The molecule has 0 bridgehead atoms. The maximum atomic E-state index is 11.2. The molecule has 0 spiro atoms. The summed E-state index contributed by atoms with van der Waals surface area (Å²) in [5, 5.41) is 13.7. The van der Waals surface area contributed by atoms with Gasteiger partial charge >= 0.3 is 5.97 Å². The highest BCUT2D eigenvalue weighted by Crippen LogP contribution is 2.34. The number of unbranched alkanes of at least 4 members (excludes halogenated alkanes) is 1. The van der Waals surface area contributed by atoms with Crippen LogP contribution in [-0.4, -0.2) is 20.9 Å². The van der Waals surface area contributed by atoms with Crippen LogP contribution in [0.25, 0.3) is 0 Å². The SMILES string of the molecule is CCCCn1cc(C(=O)O)c(C2CCCC2)n1. The highest BCUT2D eigenvalue weighted by molar-refractivity contribution is 5.88. The van der Waals surface area contributed by atoms with Gasteiger partial charge in [-0.25, -0.2) is 4.79 Å². The lowest BCUT2D eigenvalue weighted by Gasteiger charge is -2.06. The Labute approximate surface area is 102 Å². The second kappa shape index (κ2) is 5.34. The van der Waals surface area contributed by atoms with Crippen molar-refractivity contribution in [1.29, 1.82) is 0 Å². The molecule has 0 amide bonds. The summed E-state index contributed by atoms with van der Waals surface area (Å²) in [6.07, 6.45) is 8.42. The first-order chi connectivity index (χ1) is 8.22. The van der Waals surface area contributed by atoms with Crippen molar-refractivity contribution in [2.45, 2.75) is 57.9 Å². The van der Waals surface area contributed by atoms with Crippen molar-refractivity contribution in [2.24, 2.45) is 0 Å². The van der Waals surface area contributed by atoms with Crippen molar-refractivity contribution in [3.63, 3.8) is 0 Å². The van der Waals surface area contributed by atoms with Gasteiger partial charge in [0, 0.05) is 18.7 Å². The van der Waals surface area contributed by atoms with Crippen molar-refractivity contribution < 1.29 is 9.90 Å². The van der Waals surface area contributed by atoms with Crippen LogP contribution >= 0.6 is 0 Å². The van der Waals surface area contributed by atoms with E-state index in [2.05, 4.69) is 12.0 Å². The summed E-state index contributed by atoms with van der Waals surface area (Å²) >= 11 is 0. The maximum Gasteiger partial charge on any atom is 0.339 e. The molecule has 94 valence electrons. The van der Waals surface area contributed by atoms with E-state index >= 15 is 0 Å². The van der Waals surface area contributed by atoms with Crippen molar-refractivity contribution >= 4 is 5.97 Å². The predicted octanol–water partition coefficient (Wildman–Crippen LogP) is 3.04. The van der Waals surface area contributed by atoms with E-state index in [0.29, 0.717) is 11.5 Å². The fourth-order valence-corrected chi connectivity index (χ4v) is 2.54. The monoisotopic (exact) mass is 236 g/mol. The summed E-state index contributed by atoms with van der Waals surface area (Å²) in [6, 6.07) is 0. The lowest BCUT2D eigenvalue weighted by Crippen LogP contribution is -2.03. The van der Waals surface area contributed by atoms with Crippen LogP contribution in [0.1, 0.15) is 67.4 Å². The zero-order valence-electron chi connectivity index (χ0n) is 10.4. The fourth-order valence-electron chi connectivity index (χ4n) is 2.54. The average molecular weight is 236 g/mol. The molecule has 1 fully saturated rings. The van der Waals surface area contributed by atoms with Gasteiger partial charge in [0.25, 0.3) is 0 Å². The van der Waals surface area contributed by atoms with Crippen molar-refractivity contribution in [2.75, 3.05) is 0 Å². The molecule has 1 saturated carbocycles.